The Balaban J connectivity index is 4.30. The van der Waals surface area contributed by atoms with Crippen molar-refractivity contribution in [3.05, 3.63) is 0 Å². The van der Waals surface area contributed by atoms with Gasteiger partial charge in [-0.05, 0) is 6.42 Å². The van der Waals surface area contributed by atoms with Crippen molar-refractivity contribution in [1.82, 2.24) is 15.2 Å². The minimum atomic E-state index is -1.16. The average Bonchev–Trinajstić information content (AvgIpc) is 2.23. The van der Waals surface area contributed by atoms with Crippen LogP contribution in [0, 0.1) is 0 Å². The maximum atomic E-state index is 11.1. The lowest BCUT2D eigenvalue weighted by Crippen LogP contribution is -2.51. The van der Waals surface area contributed by atoms with Crippen LogP contribution in [0.1, 0.15) is 27.2 Å². The molecule has 0 saturated carbocycles. The molecule has 0 aliphatic rings. The highest BCUT2D eigenvalue weighted by Gasteiger charge is 2.20. The van der Waals surface area contributed by atoms with Crippen molar-refractivity contribution in [2.45, 2.75) is 39.3 Å². The summed E-state index contributed by atoms with van der Waals surface area (Å²) in [6.07, 6.45) is 1.51. The van der Waals surface area contributed by atoms with E-state index in [1.165, 1.54) is 13.2 Å². The molecule has 0 aliphatic heterocycles. The molecule has 0 fully saturated rings. The zero-order valence-electron chi connectivity index (χ0n) is 10.9. The summed E-state index contributed by atoms with van der Waals surface area (Å²) in [5.74, 6) is -0.167. The van der Waals surface area contributed by atoms with Crippen LogP contribution in [0.5, 0.6) is 0 Å². The van der Waals surface area contributed by atoms with Crippen molar-refractivity contribution < 1.29 is 14.1 Å². The first-order valence-corrected chi connectivity index (χ1v) is 7.26. The van der Waals surface area contributed by atoms with Gasteiger partial charge < -0.3 is 5.11 Å². The molecule has 0 heterocycles. The van der Waals surface area contributed by atoms with Crippen molar-refractivity contribution in [3.8, 4) is 0 Å². The van der Waals surface area contributed by atoms with E-state index in [0.717, 1.165) is 0 Å². The summed E-state index contributed by atoms with van der Waals surface area (Å²) < 4.78 is 13.9. The van der Waals surface area contributed by atoms with E-state index >= 15 is 0 Å². The Bertz CT molecular complexity index is 263. The lowest BCUT2D eigenvalue weighted by atomic mass is 10.1. The van der Waals surface area contributed by atoms with Crippen molar-refractivity contribution in [2.75, 3.05) is 19.3 Å². The molecular formula is C10H23N3O3S. The number of hydrogen-bond acceptors (Lipinski definition) is 4. The Morgan fingerprint density at radius 1 is 1.47 bits per heavy atom. The molecule has 7 heteroatoms. The third-order valence-corrected chi connectivity index (χ3v) is 2.96. The molecule has 0 aliphatic carbocycles. The van der Waals surface area contributed by atoms with E-state index < -0.39 is 17.1 Å². The lowest BCUT2D eigenvalue weighted by Gasteiger charge is -2.28. The van der Waals surface area contributed by atoms with Crippen LogP contribution in [0.4, 0.5) is 0 Å². The number of hydrazine groups is 1. The second kappa shape index (κ2) is 8.57. The van der Waals surface area contributed by atoms with Crippen LogP contribution in [0.3, 0.4) is 0 Å². The fourth-order valence-corrected chi connectivity index (χ4v) is 2.23. The van der Waals surface area contributed by atoms with Gasteiger partial charge in [-0.1, -0.05) is 13.8 Å². The molecule has 0 bridgehead atoms. The molecule has 3 atom stereocenters. The van der Waals surface area contributed by atoms with Crippen LogP contribution in [0.25, 0.3) is 0 Å². The minimum Gasteiger partial charge on any atom is -0.390 e. The van der Waals surface area contributed by atoms with Crippen LogP contribution >= 0.6 is 0 Å². The highest BCUT2D eigenvalue weighted by atomic mass is 32.2. The molecule has 0 spiro atoms. The van der Waals surface area contributed by atoms with Crippen LogP contribution in [0.2, 0.25) is 0 Å². The molecule has 3 unspecified atom stereocenters. The Kier molecular flexibility index (Phi) is 8.32. The zero-order chi connectivity index (χ0) is 13.4. The van der Waals surface area contributed by atoms with Gasteiger partial charge in [0.15, 0.2) is 0 Å². The Hall–Kier alpha value is -0.500. The molecule has 102 valence electrons. The van der Waals surface area contributed by atoms with Crippen molar-refractivity contribution in [2.24, 2.45) is 0 Å². The highest BCUT2D eigenvalue weighted by Crippen LogP contribution is 2.01. The molecule has 0 aromatic heterocycles. The van der Waals surface area contributed by atoms with Gasteiger partial charge in [0.05, 0.1) is 17.1 Å². The van der Waals surface area contributed by atoms with Crippen LogP contribution in [-0.4, -0.2) is 51.7 Å². The van der Waals surface area contributed by atoms with E-state index in [4.69, 9.17) is 0 Å². The van der Waals surface area contributed by atoms with Crippen molar-refractivity contribution >= 4 is 16.9 Å². The number of nitrogens with one attached hydrogen (secondary N) is 2. The van der Waals surface area contributed by atoms with Crippen molar-refractivity contribution in [3.63, 3.8) is 0 Å². The van der Waals surface area contributed by atoms with Gasteiger partial charge in [0, 0.05) is 32.3 Å². The Labute approximate surface area is 105 Å². The molecule has 6 nitrogen and oxygen atoms in total. The van der Waals surface area contributed by atoms with Gasteiger partial charge in [0.1, 0.15) is 0 Å². The van der Waals surface area contributed by atoms with E-state index in [0.29, 0.717) is 19.5 Å². The van der Waals surface area contributed by atoms with E-state index in [1.54, 1.807) is 5.01 Å². The normalized spacial score (nSPS) is 16.6. The van der Waals surface area contributed by atoms with Gasteiger partial charge in [-0.2, -0.15) is 0 Å². The minimum absolute atomic E-state index is 0.167. The number of rotatable bonds is 8. The smallest absolute Gasteiger partial charge is 0.231 e. The first-order valence-electron chi connectivity index (χ1n) is 5.70. The number of amides is 1. The van der Waals surface area contributed by atoms with Gasteiger partial charge in [-0.3, -0.25) is 10.2 Å². The van der Waals surface area contributed by atoms with Crippen molar-refractivity contribution in [1.29, 1.82) is 0 Å². The van der Waals surface area contributed by atoms with Gasteiger partial charge in [0.2, 0.25) is 5.91 Å². The quantitative estimate of drug-likeness (QED) is 0.511. The summed E-state index contributed by atoms with van der Waals surface area (Å²) in [6, 6.07) is -0.247. The van der Waals surface area contributed by atoms with Gasteiger partial charge >= 0.3 is 0 Å². The van der Waals surface area contributed by atoms with Crippen LogP contribution in [-0.2, 0) is 15.8 Å². The predicted octanol–water partition coefficient (Wildman–Crippen LogP) is -0.618. The zero-order valence-corrected chi connectivity index (χ0v) is 11.7. The summed E-state index contributed by atoms with van der Waals surface area (Å²) >= 11 is 0. The summed E-state index contributed by atoms with van der Waals surface area (Å²) in [6.45, 7) is 6.12. The third kappa shape index (κ3) is 7.43. The number of aliphatic hydroxyl groups excluding tert-OH is 1. The maximum absolute atomic E-state index is 11.1. The average molecular weight is 265 g/mol. The monoisotopic (exact) mass is 265 g/mol. The Morgan fingerprint density at radius 3 is 2.41 bits per heavy atom. The second-order valence-corrected chi connectivity index (χ2v) is 5.00. The molecule has 3 N–H and O–H groups in total. The summed E-state index contributed by atoms with van der Waals surface area (Å²) in [5.41, 5.74) is 2.62. The number of nitrogens with zero attached hydrogens (tertiary/aromatic N) is 1. The van der Waals surface area contributed by atoms with Gasteiger partial charge in [-0.25, -0.2) is 13.9 Å². The number of carbonyl (C=O) groups is 1. The lowest BCUT2D eigenvalue weighted by molar-refractivity contribution is -0.124. The number of carbonyl (C=O) groups excluding carboxylic acids is 1. The van der Waals surface area contributed by atoms with Gasteiger partial charge in [0.25, 0.3) is 0 Å². The molecule has 17 heavy (non-hydrogen) atoms. The third-order valence-electron chi connectivity index (χ3n) is 2.33. The topological polar surface area (TPSA) is 81.7 Å². The maximum Gasteiger partial charge on any atom is 0.231 e. The molecule has 0 saturated heterocycles. The summed E-state index contributed by atoms with van der Waals surface area (Å²) in [7, 11) is -1.16. The predicted molar refractivity (Wildman–Crippen MR) is 68.4 cm³/mol. The Morgan fingerprint density at radius 2 is 2.06 bits per heavy atom. The first-order chi connectivity index (χ1) is 7.90. The number of hydrogen-bond donors (Lipinski definition) is 3. The molecule has 0 aromatic carbocycles. The van der Waals surface area contributed by atoms with Gasteiger partial charge in [-0.15, -0.1) is 0 Å². The molecular weight excluding hydrogens is 242 g/mol. The number of likely N-dealkylation sites (N-methyl/N-ethyl adjacent to an activating group) is 1. The molecule has 0 rings (SSSR count). The largest absolute Gasteiger partial charge is 0.390 e. The van der Waals surface area contributed by atoms with E-state index in [2.05, 4.69) is 10.1 Å². The second-order valence-electron chi connectivity index (χ2n) is 3.86. The first kappa shape index (κ1) is 16.5. The van der Waals surface area contributed by atoms with E-state index in [1.807, 2.05) is 13.8 Å². The number of aliphatic hydroxyl groups is 1. The summed E-state index contributed by atoms with van der Waals surface area (Å²) in [4.78, 5) is 10.9. The van der Waals surface area contributed by atoms with Crippen LogP contribution in [0.15, 0.2) is 0 Å². The highest BCUT2D eigenvalue weighted by molar-refractivity contribution is 7.82. The molecule has 0 aromatic rings. The fourth-order valence-electron chi connectivity index (χ4n) is 1.48. The van der Waals surface area contributed by atoms with Crippen LogP contribution < -0.4 is 10.1 Å². The van der Waals surface area contributed by atoms with E-state index in [-0.39, 0.29) is 11.9 Å². The standard InChI is InChI=1S/C10H23N3O3S/c1-5-9(12-17(4)16)10(15)7-13(6-2)11-8(3)14/h9-10,12,15H,5-7H2,1-4H3,(H,11,14). The van der Waals surface area contributed by atoms with E-state index in [9.17, 15) is 14.1 Å². The molecule has 1 amide bonds. The summed E-state index contributed by atoms with van der Waals surface area (Å²) in [5, 5.41) is 11.6. The molecule has 0 radical (unpaired) electrons. The fraction of sp³-hybridized carbons (Fsp3) is 0.900. The SMILES string of the molecule is CCC(NS(C)=O)C(O)CN(CC)NC(C)=O.